The van der Waals surface area contributed by atoms with Gasteiger partial charge in [0.1, 0.15) is 0 Å². The van der Waals surface area contributed by atoms with E-state index in [2.05, 4.69) is 4.52 Å². The van der Waals surface area contributed by atoms with Crippen LogP contribution in [0.2, 0.25) is 0 Å². The number of hydrogen-bond donors (Lipinski definition) is 2. The quantitative estimate of drug-likeness (QED) is 0.754. The van der Waals surface area contributed by atoms with E-state index in [1.54, 1.807) is 24.3 Å². The van der Waals surface area contributed by atoms with Gasteiger partial charge in [-0.2, -0.15) is 5.26 Å². The van der Waals surface area contributed by atoms with Gasteiger partial charge >= 0.3 is 7.82 Å². The third-order valence-electron chi connectivity index (χ3n) is 1.73. The zero-order valence-electron chi connectivity index (χ0n) is 7.83. The number of benzene rings is 1. The number of phosphoric ester groups is 1. The number of nitrogens with zero attached hydrogens (tertiary/aromatic N) is 1. The molecule has 0 saturated heterocycles. The van der Waals surface area contributed by atoms with Gasteiger partial charge in [0, 0.05) is 0 Å². The second kappa shape index (κ2) is 5.06. The minimum Gasteiger partial charge on any atom is -0.303 e. The van der Waals surface area contributed by atoms with Gasteiger partial charge in [-0.3, -0.25) is 4.52 Å². The molecule has 2 N–H and O–H groups in total. The molecule has 0 atom stereocenters. The lowest BCUT2D eigenvalue weighted by atomic mass is 10.1. The number of hydrogen-bond acceptors (Lipinski definition) is 3. The Morgan fingerprint density at radius 1 is 1.33 bits per heavy atom. The highest BCUT2D eigenvalue weighted by atomic mass is 31.2. The molecule has 0 saturated carbocycles. The van der Waals surface area contributed by atoms with E-state index in [0.29, 0.717) is 12.0 Å². The molecule has 0 aliphatic rings. The van der Waals surface area contributed by atoms with Crippen molar-refractivity contribution in [3.8, 4) is 6.07 Å². The Balaban J connectivity index is 2.46. The Morgan fingerprint density at radius 3 is 2.40 bits per heavy atom. The van der Waals surface area contributed by atoms with Crippen LogP contribution in [0.1, 0.15) is 11.1 Å². The molecule has 0 amide bonds. The van der Waals surface area contributed by atoms with Crippen molar-refractivity contribution >= 4 is 7.82 Å². The maximum atomic E-state index is 10.4. The summed E-state index contributed by atoms with van der Waals surface area (Å²) in [6.45, 7) is -0.0455. The largest absolute Gasteiger partial charge is 0.469 e. The van der Waals surface area contributed by atoms with E-state index in [1.807, 2.05) is 6.07 Å². The number of nitriles is 1. The third-order valence-corrected chi connectivity index (χ3v) is 2.25. The summed E-state index contributed by atoms with van der Waals surface area (Å²) in [7, 11) is -4.37. The predicted molar refractivity (Wildman–Crippen MR) is 52.9 cm³/mol. The molecule has 0 aromatic heterocycles. The summed E-state index contributed by atoms with van der Waals surface area (Å²) in [6, 6.07) is 8.72. The Labute approximate surface area is 87.2 Å². The second-order valence-corrected chi connectivity index (χ2v) is 4.12. The van der Waals surface area contributed by atoms with Crippen LogP contribution in [0.4, 0.5) is 0 Å². The van der Waals surface area contributed by atoms with Gasteiger partial charge in [0.15, 0.2) is 0 Å². The Morgan fingerprint density at radius 2 is 1.93 bits per heavy atom. The van der Waals surface area contributed by atoms with Crippen molar-refractivity contribution in [2.45, 2.75) is 6.42 Å². The molecular weight excluding hydrogens is 217 g/mol. The van der Waals surface area contributed by atoms with Gasteiger partial charge in [0.25, 0.3) is 0 Å². The lowest BCUT2D eigenvalue weighted by molar-refractivity contribution is 0.199. The fourth-order valence-electron chi connectivity index (χ4n) is 1.03. The number of phosphoric acid groups is 1. The van der Waals surface area contributed by atoms with Crippen molar-refractivity contribution in [3.05, 3.63) is 35.4 Å². The standard InChI is InChI=1S/C9H10NO4P/c10-7-9-3-1-8(2-4-9)5-6-14-15(11,12)13/h1-4H,5-6H2,(H2,11,12,13). The van der Waals surface area contributed by atoms with Crippen molar-refractivity contribution in [2.24, 2.45) is 0 Å². The van der Waals surface area contributed by atoms with Crippen LogP contribution in [0, 0.1) is 11.3 Å². The van der Waals surface area contributed by atoms with Crippen LogP contribution in [0.3, 0.4) is 0 Å². The molecule has 0 radical (unpaired) electrons. The zero-order valence-corrected chi connectivity index (χ0v) is 8.72. The summed E-state index contributed by atoms with van der Waals surface area (Å²) in [5.74, 6) is 0. The molecule has 0 unspecified atom stereocenters. The Kier molecular flexibility index (Phi) is 4.01. The van der Waals surface area contributed by atoms with Crippen LogP contribution in [-0.4, -0.2) is 16.4 Å². The molecule has 15 heavy (non-hydrogen) atoms. The van der Waals surface area contributed by atoms with Crippen LogP contribution in [0.5, 0.6) is 0 Å². The normalized spacial score (nSPS) is 11.0. The summed E-state index contributed by atoms with van der Waals surface area (Å²) in [6.07, 6.45) is 0.400. The van der Waals surface area contributed by atoms with E-state index in [1.165, 1.54) is 0 Å². The summed E-state index contributed by atoms with van der Waals surface area (Å²) < 4.78 is 14.6. The minimum absolute atomic E-state index is 0.0455. The average molecular weight is 227 g/mol. The average Bonchev–Trinajstić information content (AvgIpc) is 2.17. The third kappa shape index (κ3) is 4.73. The Hall–Kier alpha value is -1.18. The van der Waals surface area contributed by atoms with Crippen LogP contribution in [-0.2, 0) is 15.5 Å². The van der Waals surface area contributed by atoms with Gasteiger partial charge < -0.3 is 9.79 Å². The molecule has 0 fully saturated rings. The maximum Gasteiger partial charge on any atom is 0.469 e. The first-order valence-corrected chi connectivity index (χ1v) is 5.73. The van der Waals surface area contributed by atoms with E-state index in [-0.39, 0.29) is 6.61 Å². The van der Waals surface area contributed by atoms with Crippen molar-refractivity contribution in [1.29, 1.82) is 5.26 Å². The molecule has 1 rings (SSSR count). The molecule has 1 aromatic carbocycles. The highest BCUT2D eigenvalue weighted by molar-refractivity contribution is 7.46. The summed E-state index contributed by atoms with van der Waals surface area (Å²) in [5, 5.41) is 8.53. The molecule has 6 heteroatoms. The fraction of sp³-hybridized carbons (Fsp3) is 0.222. The van der Waals surface area contributed by atoms with Crippen molar-refractivity contribution in [2.75, 3.05) is 6.61 Å². The first-order valence-electron chi connectivity index (χ1n) is 4.20. The highest BCUT2D eigenvalue weighted by Crippen LogP contribution is 2.35. The molecule has 5 nitrogen and oxygen atoms in total. The van der Waals surface area contributed by atoms with Gasteiger partial charge in [-0.25, -0.2) is 4.57 Å². The van der Waals surface area contributed by atoms with E-state index >= 15 is 0 Å². The van der Waals surface area contributed by atoms with Crippen molar-refractivity contribution < 1.29 is 18.9 Å². The van der Waals surface area contributed by atoms with Crippen LogP contribution < -0.4 is 0 Å². The van der Waals surface area contributed by atoms with Crippen molar-refractivity contribution in [1.82, 2.24) is 0 Å². The van der Waals surface area contributed by atoms with Gasteiger partial charge in [-0.15, -0.1) is 0 Å². The highest BCUT2D eigenvalue weighted by Gasteiger charge is 2.12. The summed E-state index contributed by atoms with van der Waals surface area (Å²) in [4.78, 5) is 16.8. The molecule has 0 aliphatic carbocycles. The van der Waals surface area contributed by atoms with E-state index in [4.69, 9.17) is 15.0 Å². The molecule has 0 bridgehead atoms. The SMILES string of the molecule is N#Cc1ccc(CCOP(=O)(O)O)cc1. The molecular formula is C9H10NO4P. The topological polar surface area (TPSA) is 90.5 Å². The van der Waals surface area contributed by atoms with Gasteiger partial charge in [-0.05, 0) is 24.1 Å². The van der Waals surface area contributed by atoms with Crippen LogP contribution in [0.25, 0.3) is 0 Å². The second-order valence-electron chi connectivity index (χ2n) is 2.88. The molecule has 1 aromatic rings. The van der Waals surface area contributed by atoms with Crippen LogP contribution >= 0.6 is 7.82 Å². The lowest BCUT2D eigenvalue weighted by Gasteiger charge is -2.04. The smallest absolute Gasteiger partial charge is 0.303 e. The monoisotopic (exact) mass is 227 g/mol. The van der Waals surface area contributed by atoms with E-state index < -0.39 is 7.82 Å². The Bertz CT molecular complexity index is 403. The van der Waals surface area contributed by atoms with Gasteiger partial charge in [-0.1, -0.05) is 12.1 Å². The van der Waals surface area contributed by atoms with Crippen molar-refractivity contribution in [3.63, 3.8) is 0 Å². The van der Waals surface area contributed by atoms with Gasteiger partial charge in [0.2, 0.25) is 0 Å². The zero-order chi connectivity index (χ0) is 11.3. The maximum absolute atomic E-state index is 10.4. The molecule has 0 aliphatic heterocycles. The van der Waals surface area contributed by atoms with E-state index in [0.717, 1.165) is 5.56 Å². The van der Waals surface area contributed by atoms with E-state index in [9.17, 15) is 4.57 Å². The summed E-state index contributed by atoms with van der Waals surface area (Å²) >= 11 is 0. The molecule has 80 valence electrons. The summed E-state index contributed by atoms with van der Waals surface area (Å²) in [5.41, 5.74) is 1.41. The fourth-order valence-corrected chi connectivity index (χ4v) is 1.36. The first kappa shape index (κ1) is 11.9. The predicted octanol–water partition coefficient (Wildman–Crippen LogP) is 1.21. The van der Waals surface area contributed by atoms with Gasteiger partial charge in [0.05, 0.1) is 18.2 Å². The molecule has 0 spiro atoms. The lowest BCUT2D eigenvalue weighted by Crippen LogP contribution is -1.96. The van der Waals surface area contributed by atoms with Crippen LogP contribution in [0.15, 0.2) is 24.3 Å². The first-order chi connectivity index (χ1) is 7.01. The number of rotatable bonds is 4. The minimum atomic E-state index is -4.37. The molecule has 0 heterocycles.